The molecule has 0 saturated heterocycles. The van der Waals surface area contributed by atoms with Crippen LogP contribution in [0.4, 0.5) is 0 Å². The maximum Gasteiger partial charge on any atom is 0.0999 e. The Morgan fingerprint density at radius 2 is 2.08 bits per heavy atom. The summed E-state index contributed by atoms with van der Waals surface area (Å²) in [5.41, 5.74) is 4.93. The summed E-state index contributed by atoms with van der Waals surface area (Å²) < 4.78 is 3.99. The normalized spacial score (nSPS) is 19.4. The van der Waals surface area contributed by atoms with Crippen molar-refractivity contribution in [1.29, 1.82) is 0 Å². The quantitative estimate of drug-likeness (QED) is 0.612. The smallest absolute Gasteiger partial charge is 0.0999 e. The molecule has 4 aromatic rings. The third-order valence-corrected chi connectivity index (χ3v) is 5.58. The number of fused-ring (bicyclic) bond motifs is 1. The predicted molar refractivity (Wildman–Crippen MR) is 98.5 cm³/mol. The molecule has 132 valence electrons. The maximum atomic E-state index is 4.89. The lowest BCUT2D eigenvalue weighted by Gasteiger charge is -2.27. The summed E-state index contributed by atoms with van der Waals surface area (Å²) in [5.74, 6) is 0. The summed E-state index contributed by atoms with van der Waals surface area (Å²) in [7, 11) is 0. The zero-order chi connectivity index (χ0) is 17.7. The second-order valence-electron chi connectivity index (χ2n) is 7.73. The summed E-state index contributed by atoms with van der Waals surface area (Å²) in [6.07, 6.45) is 15.1. The van der Waals surface area contributed by atoms with Gasteiger partial charge in [0.05, 0.1) is 47.7 Å². The van der Waals surface area contributed by atoms with E-state index in [2.05, 4.69) is 45.1 Å². The minimum Gasteiger partial charge on any atom is -0.285 e. The molecule has 1 aliphatic carbocycles. The molecule has 1 N–H and O–H groups in total. The summed E-state index contributed by atoms with van der Waals surface area (Å²) in [6.45, 7) is 4.66. The zero-order valence-electron chi connectivity index (χ0n) is 14.9. The second-order valence-corrected chi connectivity index (χ2v) is 7.73. The molecule has 26 heavy (non-hydrogen) atoms. The van der Waals surface area contributed by atoms with E-state index in [1.165, 1.54) is 19.3 Å². The summed E-state index contributed by atoms with van der Waals surface area (Å²) in [5, 5.41) is 16.0. The molecule has 0 aliphatic heterocycles. The molecule has 7 heteroatoms. The van der Waals surface area contributed by atoms with Crippen LogP contribution in [-0.4, -0.2) is 34.6 Å². The highest BCUT2D eigenvalue weighted by Crippen LogP contribution is 2.45. The summed E-state index contributed by atoms with van der Waals surface area (Å²) in [6, 6.07) is 2.42. The number of nitrogens with zero attached hydrogens (tertiary/aromatic N) is 6. The van der Waals surface area contributed by atoms with Crippen molar-refractivity contribution in [1.82, 2.24) is 34.6 Å². The van der Waals surface area contributed by atoms with Crippen LogP contribution < -0.4 is 0 Å². The lowest BCUT2D eigenvalue weighted by Crippen LogP contribution is -2.21. The van der Waals surface area contributed by atoms with Crippen LogP contribution in [0.3, 0.4) is 0 Å². The Hall–Kier alpha value is -2.96. The van der Waals surface area contributed by atoms with Crippen molar-refractivity contribution in [3.8, 4) is 22.5 Å². The maximum absolute atomic E-state index is 4.89. The molecule has 1 atom stereocenters. The molecule has 0 bridgehead atoms. The van der Waals surface area contributed by atoms with E-state index in [1.807, 2.05) is 29.2 Å². The van der Waals surface area contributed by atoms with E-state index in [9.17, 15) is 0 Å². The van der Waals surface area contributed by atoms with Crippen molar-refractivity contribution < 1.29 is 0 Å². The van der Waals surface area contributed by atoms with Crippen LogP contribution in [-0.2, 0) is 0 Å². The van der Waals surface area contributed by atoms with E-state index >= 15 is 0 Å². The van der Waals surface area contributed by atoms with Gasteiger partial charge in [0.1, 0.15) is 0 Å². The Morgan fingerprint density at radius 3 is 2.85 bits per heavy atom. The van der Waals surface area contributed by atoms with Crippen LogP contribution in [0, 0.1) is 5.41 Å². The van der Waals surface area contributed by atoms with Gasteiger partial charge in [0, 0.05) is 23.5 Å². The molecule has 4 heterocycles. The fraction of sp³-hybridized carbons (Fsp3) is 0.368. The van der Waals surface area contributed by atoms with E-state index < -0.39 is 0 Å². The monoisotopic (exact) mass is 347 g/mol. The van der Waals surface area contributed by atoms with Gasteiger partial charge in [-0.15, -0.1) is 0 Å². The number of hydrogen-bond acceptors (Lipinski definition) is 4. The van der Waals surface area contributed by atoms with E-state index in [-0.39, 0.29) is 5.41 Å². The molecule has 4 aromatic heterocycles. The van der Waals surface area contributed by atoms with Gasteiger partial charge in [-0.3, -0.25) is 9.78 Å². The zero-order valence-corrected chi connectivity index (χ0v) is 14.9. The van der Waals surface area contributed by atoms with Gasteiger partial charge in [-0.05, 0) is 24.3 Å². The molecule has 0 spiro atoms. The van der Waals surface area contributed by atoms with Gasteiger partial charge in [-0.2, -0.15) is 15.3 Å². The highest BCUT2D eigenvalue weighted by Gasteiger charge is 2.36. The third-order valence-electron chi connectivity index (χ3n) is 5.58. The van der Waals surface area contributed by atoms with E-state index in [0.29, 0.717) is 6.04 Å². The molecule has 7 nitrogen and oxygen atoms in total. The summed E-state index contributed by atoms with van der Waals surface area (Å²) in [4.78, 5) is 4.89. The summed E-state index contributed by atoms with van der Waals surface area (Å²) >= 11 is 0. The minimum atomic E-state index is 0.279. The number of aromatic nitrogens is 7. The van der Waals surface area contributed by atoms with E-state index in [4.69, 9.17) is 4.98 Å². The molecule has 0 radical (unpaired) electrons. The molecule has 0 amide bonds. The number of H-pyrrole nitrogens is 1. The Morgan fingerprint density at radius 1 is 1.15 bits per heavy atom. The van der Waals surface area contributed by atoms with Gasteiger partial charge < -0.3 is 0 Å². The first-order valence-electron chi connectivity index (χ1n) is 9.00. The first-order chi connectivity index (χ1) is 12.6. The lowest BCUT2D eigenvalue weighted by atomic mass is 9.87. The van der Waals surface area contributed by atoms with Crippen LogP contribution in [0.1, 0.15) is 39.2 Å². The molecule has 1 unspecified atom stereocenters. The average Bonchev–Trinajstić information content (AvgIpc) is 3.40. The van der Waals surface area contributed by atoms with Crippen molar-refractivity contribution >= 4 is 5.52 Å². The molecule has 1 saturated carbocycles. The van der Waals surface area contributed by atoms with Crippen molar-refractivity contribution in [2.75, 3.05) is 0 Å². The van der Waals surface area contributed by atoms with Crippen LogP contribution in [0.25, 0.3) is 28.0 Å². The standard InChI is InChI=1S/C19H21N7/c1-19(2)6-3-4-17(19)26-11-14(10-23-26)18-16-5-7-22-25(16)12-15(24-18)13-8-20-21-9-13/h5,7-12,17H,3-4,6H2,1-2H3,(H,20,21). The Labute approximate surface area is 151 Å². The lowest BCUT2D eigenvalue weighted by molar-refractivity contribution is 0.243. The molecular formula is C19H21N7. The largest absolute Gasteiger partial charge is 0.285 e. The van der Waals surface area contributed by atoms with Crippen LogP contribution in [0.15, 0.2) is 43.2 Å². The fourth-order valence-corrected chi connectivity index (χ4v) is 4.10. The molecule has 1 aliphatic rings. The van der Waals surface area contributed by atoms with E-state index in [1.54, 1.807) is 12.4 Å². The Balaban J connectivity index is 1.62. The van der Waals surface area contributed by atoms with Crippen molar-refractivity contribution in [2.45, 2.75) is 39.2 Å². The van der Waals surface area contributed by atoms with Gasteiger partial charge in [0.15, 0.2) is 0 Å². The van der Waals surface area contributed by atoms with Crippen molar-refractivity contribution in [3.63, 3.8) is 0 Å². The van der Waals surface area contributed by atoms with Crippen LogP contribution >= 0.6 is 0 Å². The van der Waals surface area contributed by atoms with Gasteiger partial charge in [-0.25, -0.2) is 9.50 Å². The Kier molecular flexibility index (Phi) is 3.25. The van der Waals surface area contributed by atoms with Gasteiger partial charge in [0.2, 0.25) is 0 Å². The van der Waals surface area contributed by atoms with Crippen molar-refractivity contribution in [2.24, 2.45) is 5.41 Å². The number of hydrogen-bond donors (Lipinski definition) is 1. The first-order valence-corrected chi connectivity index (χ1v) is 9.00. The topological polar surface area (TPSA) is 76.7 Å². The van der Waals surface area contributed by atoms with Crippen molar-refractivity contribution in [3.05, 3.63) is 43.2 Å². The molecule has 0 aromatic carbocycles. The number of rotatable bonds is 3. The number of aromatic amines is 1. The molecule has 1 fully saturated rings. The van der Waals surface area contributed by atoms with Gasteiger partial charge >= 0.3 is 0 Å². The SMILES string of the molecule is CC1(C)CCCC1n1cc(-c2nc(-c3cn[nH]c3)cn3nccc23)cn1. The second kappa shape index (κ2) is 5.52. The predicted octanol–water partition coefficient (Wildman–Crippen LogP) is 3.73. The highest BCUT2D eigenvalue weighted by atomic mass is 15.3. The fourth-order valence-electron chi connectivity index (χ4n) is 4.10. The van der Waals surface area contributed by atoms with Crippen LogP contribution in [0.5, 0.6) is 0 Å². The third kappa shape index (κ3) is 2.34. The average molecular weight is 347 g/mol. The Bertz CT molecular complexity index is 1050. The van der Waals surface area contributed by atoms with Crippen LogP contribution in [0.2, 0.25) is 0 Å². The van der Waals surface area contributed by atoms with Gasteiger partial charge in [-0.1, -0.05) is 20.3 Å². The molecular weight excluding hydrogens is 326 g/mol. The van der Waals surface area contributed by atoms with E-state index in [0.717, 1.165) is 28.0 Å². The molecule has 5 rings (SSSR count). The minimum absolute atomic E-state index is 0.279. The number of nitrogens with one attached hydrogen (secondary N) is 1. The van der Waals surface area contributed by atoms with Gasteiger partial charge in [0.25, 0.3) is 0 Å². The highest BCUT2D eigenvalue weighted by molar-refractivity contribution is 5.78. The first kappa shape index (κ1) is 15.3.